The van der Waals surface area contributed by atoms with Gasteiger partial charge < -0.3 is 5.32 Å². The van der Waals surface area contributed by atoms with Gasteiger partial charge in [-0.25, -0.2) is 0 Å². The van der Waals surface area contributed by atoms with Crippen LogP contribution in [0.2, 0.25) is 0 Å². The molecular formula is C14H17N3O2. The molecule has 5 heteroatoms. The molecule has 0 bridgehead atoms. The van der Waals surface area contributed by atoms with Crippen molar-refractivity contribution in [1.82, 2.24) is 0 Å². The Balaban J connectivity index is 2.18. The summed E-state index contributed by atoms with van der Waals surface area (Å²) in [6.07, 6.45) is 4.64. The van der Waals surface area contributed by atoms with Gasteiger partial charge in [0.1, 0.15) is 5.69 Å². The molecule has 0 saturated heterocycles. The highest BCUT2D eigenvalue weighted by Gasteiger charge is 2.35. The van der Waals surface area contributed by atoms with Crippen LogP contribution in [0, 0.1) is 26.9 Å². The maximum atomic E-state index is 11.0. The van der Waals surface area contributed by atoms with Crippen molar-refractivity contribution in [2.24, 2.45) is 5.41 Å². The topological polar surface area (TPSA) is 79.0 Å². The van der Waals surface area contributed by atoms with Gasteiger partial charge in [-0.1, -0.05) is 13.3 Å². The number of nitro benzene ring substituents is 1. The zero-order valence-corrected chi connectivity index (χ0v) is 11.0. The van der Waals surface area contributed by atoms with Crippen LogP contribution in [0.1, 0.15) is 38.2 Å². The maximum absolute atomic E-state index is 11.0. The lowest BCUT2D eigenvalue weighted by atomic mass is 9.67. The van der Waals surface area contributed by atoms with E-state index in [4.69, 9.17) is 5.26 Å². The van der Waals surface area contributed by atoms with Gasteiger partial charge in [0.2, 0.25) is 0 Å². The van der Waals surface area contributed by atoms with E-state index >= 15 is 0 Å². The summed E-state index contributed by atoms with van der Waals surface area (Å²) in [4.78, 5) is 10.6. The van der Waals surface area contributed by atoms with Crippen LogP contribution in [0.15, 0.2) is 18.2 Å². The van der Waals surface area contributed by atoms with Crippen molar-refractivity contribution in [1.29, 1.82) is 5.26 Å². The third-order valence-corrected chi connectivity index (χ3v) is 4.14. The highest BCUT2D eigenvalue weighted by atomic mass is 16.6. The first kappa shape index (κ1) is 13.3. The van der Waals surface area contributed by atoms with Crippen LogP contribution >= 0.6 is 0 Å². The van der Waals surface area contributed by atoms with Crippen molar-refractivity contribution in [3.05, 3.63) is 33.9 Å². The van der Waals surface area contributed by atoms with Crippen LogP contribution < -0.4 is 5.32 Å². The number of nitrogens with zero attached hydrogens (tertiary/aromatic N) is 2. The first-order chi connectivity index (χ1) is 9.10. The third-order valence-electron chi connectivity index (χ3n) is 4.14. The molecule has 1 N–H and O–H groups in total. The van der Waals surface area contributed by atoms with E-state index in [9.17, 15) is 10.1 Å². The number of hydrogen-bond donors (Lipinski definition) is 1. The minimum atomic E-state index is -0.414. The van der Waals surface area contributed by atoms with Crippen LogP contribution in [0.5, 0.6) is 0 Å². The molecule has 0 atom stereocenters. The van der Waals surface area contributed by atoms with Crippen molar-refractivity contribution in [2.45, 2.75) is 32.6 Å². The lowest BCUT2D eigenvalue weighted by Crippen LogP contribution is -2.35. The second-order valence-corrected chi connectivity index (χ2v) is 5.16. The molecule has 0 amide bonds. The number of nitrogens with one attached hydrogen (secondary N) is 1. The van der Waals surface area contributed by atoms with Gasteiger partial charge in [-0.15, -0.1) is 0 Å². The number of hydrogen-bond acceptors (Lipinski definition) is 4. The second-order valence-electron chi connectivity index (χ2n) is 5.16. The SMILES string of the molecule is CCC1(CNc2cc(C#N)ccc2[N+](=O)[O-])CCC1. The standard InChI is InChI=1S/C14H17N3O2/c1-2-14(6-3-7-14)10-16-12-8-11(9-15)4-5-13(12)17(18)19/h4-5,8,16H,2-3,6-7,10H2,1H3. The quantitative estimate of drug-likeness (QED) is 0.648. The van der Waals surface area contributed by atoms with Gasteiger partial charge in [-0.05, 0) is 36.8 Å². The molecule has 1 fully saturated rings. The fourth-order valence-corrected chi connectivity index (χ4v) is 2.52. The monoisotopic (exact) mass is 259 g/mol. The molecule has 1 aromatic rings. The van der Waals surface area contributed by atoms with Gasteiger partial charge in [0.05, 0.1) is 16.6 Å². The summed E-state index contributed by atoms with van der Waals surface area (Å²) in [5, 5.41) is 23.0. The normalized spacial score (nSPS) is 16.2. The Labute approximate surface area is 112 Å². The predicted molar refractivity (Wildman–Crippen MR) is 72.9 cm³/mol. The summed E-state index contributed by atoms with van der Waals surface area (Å²) in [7, 11) is 0. The van der Waals surface area contributed by atoms with Crippen LogP contribution in [0.3, 0.4) is 0 Å². The average molecular weight is 259 g/mol. The van der Waals surface area contributed by atoms with E-state index < -0.39 is 4.92 Å². The van der Waals surface area contributed by atoms with Crippen molar-refractivity contribution in [2.75, 3.05) is 11.9 Å². The second kappa shape index (κ2) is 5.27. The molecule has 19 heavy (non-hydrogen) atoms. The molecule has 0 radical (unpaired) electrons. The Bertz CT molecular complexity index is 524. The van der Waals surface area contributed by atoms with E-state index in [-0.39, 0.29) is 11.1 Å². The molecule has 0 aliphatic heterocycles. The highest BCUT2D eigenvalue weighted by Crippen LogP contribution is 2.44. The van der Waals surface area contributed by atoms with E-state index in [1.165, 1.54) is 31.4 Å². The minimum Gasteiger partial charge on any atom is -0.379 e. The Morgan fingerprint density at radius 2 is 2.26 bits per heavy atom. The largest absolute Gasteiger partial charge is 0.379 e. The van der Waals surface area contributed by atoms with Gasteiger partial charge in [0.15, 0.2) is 0 Å². The maximum Gasteiger partial charge on any atom is 0.292 e. The van der Waals surface area contributed by atoms with Gasteiger partial charge in [-0.2, -0.15) is 5.26 Å². The van der Waals surface area contributed by atoms with E-state index in [1.807, 2.05) is 6.07 Å². The van der Waals surface area contributed by atoms with Crippen molar-refractivity contribution in [3.63, 3.8) is 0 Å². The van der Waals surface area contributed by atoms with Crippen LogP contribution in [0.4, 0.5) is 11.4 Å². The summed E-state index contributed by atoms with van der Waals surface area (Å²) in [5.74, 6) is 0. The van der Waals surface area contributed by atoms with E-state index in [2.05, 4.69) is 12.2 Å². The lowest BCUT2D eigenvalue weighted by Gasteiger charge is -2.41. The van der Waals surface area contributed by atoms with Gasteiger partial charge in [-0.3, -0.25) is 10.1 Å². The lowest BCUT2D eigenvalue weighted by molar-refractivity contribution is -0.384. The van der Waals surface area contributed by atoms with E-state index in [0.717, 1.165) is 13.0 Å². The van der Waals surface area contributed by atoms with Crippen molar-refractivity contribution >= 4 is 11.4 Å². The fraction of sp³-hybridized carbons (Fsp3) is 0.500. The molecule has 1 aliphatic carbocycles. The first-order valence-electron chi connectivity index (χ1n) is 6.53. The van der Waals surface area contributed by atoms with Gasteiger partial charge >= 0.3 is 0 Å². The Morgan fingerprint density at radius 3 is 2.74 bits per heavy atom. The van der Waals surface area contributed by atoms with Crippen molar-refractivity contribution in [3.8, 4) is 6.07 Å². The number of benzene rings is 1. The van der Waals surface area contributed by atoms with Crippen molar-refractivity contribution < 1.29 is 4.92 Å². The number of rotatable bonds is 5. The summed E-state index contributed by atoms with van der Waals surface area (Å²) >= 11 is 0. The van der Waals surface area contributed by atoms with Crippen LogP contribution in [-0.4, -0.2) is 11.5 Å². The summed E-state index contributed by atoms with van der Waals surface area (Å²) in [5.41, 5.74) is 1.19. The Morgan fingerprint density at radius 1 is 1.53 bits per heavy atom. The predicted octanol–water partition coefficient (Wildman–Crippen LogP) is 3.46. The van der Waals surface area contributed by atoms with Gasteiger partial charge in [0.25, 0.3) is 5.69 Å². The molecule has 100 valence electrons. The smallest absolute Gasteiger partial charge is 0.292 e. The van der Waals surface area contributed by atoms with Crippen LogP contribution in [0.25, 0.3) is 0 Å². The summed E-state index contributed by atoms with van der Waals surface area (Å²) in [6.45, 7) is 2.89. The number of anilines is 1. The first-order valence-corrected chi connectivity index (χ1v) is 6.53. The Kier molecular flexibility index (Phi) is 3.70. The molecule has 1 saturated carbocycles. The molecular weight excluding hydrogens is 242 g/mol. The van der Waals surface area contributed by atoms with Gasteiger partial charge in [0, 0.05) is 12.6 Å². The number of nitriles is 1. The molecule has 1 aliphatic rings. The average Bonchev–Trinajstić information content (AvgIpc) is 2.37. The fourth-order valence-electron chi connectivity index (χ4n) is 2.52. The summed E-state index contributed by atoms with van der Waals surface area (Å²) < 4.78 is 0. The third kappa shape index (κ3) is 2.68. The van der Waals surface area contributed by atoms with E-state index in [1.54, 1.807) is 6.07 Å². The zero-order chi connectivity index (χ0) is 13.9. The molecule has 1 aromatic carbocycles. The van der Waals surface area contributed by atoms with E-state index in [0.29, 0.717) is 11.3 Å². The molecule has 0 spiro atoms. The highest BCUT2D eigenvalue weighted by molar-refractivity contribution is 5.64. The zero-order valence-electron chi connectivity index (χ0n) is 11.0. The Hall–Kier alpha value is -2.09. The molecule has 0 aromatic heterocycles. The summed E-state index contributed by atoms with van der Waals surface area (Å²) in [6, 6.07) is 6.43. The molecule has 0 unspecified atom stereocenters. The molecule has 0 heterocycles. The molecule has 5 nitrogen and oxygen atoms in total. The minimum absolute atomic E-state index is 0.0320. The molecule has 2 rings (SSSR count). The number of nitro groups is 1. The van der Waals surface area contributed by atoms with Crippen LogP contribution in [-0.2, 0) is 0 Å².